The van der Waals surface area contributed by atoms with E-state index in [1.807, 2.05) is 30.3 Å². The quantitative estimate of drug-likeness (QED) is 0.785. The number of hydrogen-bond donors (Lipinski definition) is 3. The van der Waals surface area contributed by atoms with Crippen LogP contribution in [0.1, 0.15) is 15.9 Å². The van der Waals surface area contributed by atoms with Gasteiger partial charge in [0, 0.05) is 17.8 Å². The van der Waals surface area contributed by atoms with Crippen LogP contribution < -0.4 is 16.4 Å². The second-order valence-electron chi connectivity index (χ2n) is 4.56. The molecule has 108 valence electrons. The largest absolute Gasteiger partial charge is 0.366 e. The van der Waals surface area contributed by atoms with Crippen molar-refractivity contribution in [3.63, 3.8) is 0 Å². The van der Waals surface area contributed by atoms with Gasteiger partial charge in [0.05, 0.1) is 0 Å². The van der Waals surface area contributed by atoms with Gasteiger partial charge in [0.1, 0.15) is 0 Å². The number of primary amides is 1. The van der Waals surface area contributed by atoms with Crippen LogP contribution >= 0.6 is 0 Å². The van der Waals surface area contributed by atoms with Crippen molar-refractivity contribution in [2.24, 2.45) is 5.73 Å². The molecule has 0 bridgehead atoms. The van der Waals surface area contributed by atoms with E-state index in [0.717, 1.165) is 12.0 Å². The summed E-state index contributed by atoms with van der Waals surface area (Å²) >= 11 is 0. The Labute approximate surface area is 123 Å². The molecule has 2 aromatic carbocycles. The normalized spacial score (nSPS) is 9.90. The molecule has 2 aromatic rings. The molecule has 4 N–H and O–H groups in total. The molecule has 5 heteroatoms. The highest BCUT2D eigenvalue weighted by molar-refractivity contribution is 5.95. The number of rotatable bonds is 5. The van der Waals surface area contributed by atoms with E-state index in [1.54, 1.807) is 24.3 Å². The van der Waals surface area contributed by atoms with E-state index in [-0.39, 0.29) is 6.03 Å². The van der Waals surface area contributed by atoms with Crippen molar-refractivity contribution in [1.82, 2.24) is 5.32 Å². The Morgan fingerprint density at radius 2 is 1.76 bits per heavy atom. The summed E-state index contributed by atoms with van der Waals surface area (Å²) in [5.74, 6) is -0.525. The molecule has 0 fully saturated rings. The van der Waals surface area contributed by atoms with E-state index >= 15 is 0 Å². The second-order valence-corrected chi connectivity index (χ2v) is 4.56. The molecule has 5 nitrogen and oxygen atoms in total. The van der Waals surface area contributed by atoms with Crippen LogP contribution in [0.4, 0.5) is 10.5 Å². The Balaban J connectivity index is 1.82. The van der Waals surface area contributed by atoms with E-state index in [1.165, 1.54) is 0 Å². The highest BCUT2D eigenvalue weighted by Crippen LogP contribution is 2.09. The van der Waals surface area contributed by atoms with E-state index in [9.17, 15) is 9.59 Å². The third kappa shape index (κ3) is 4.65. The Morgan fingerprint density at radius 1 is 1.00 bits per heavy atom. The lowest BCUT2D eigenvalue weighted by molar-refractivity contribution is 0.100. The van der Waals surface area contributed by atoms with Crippen molar-refractivity contribution in [1.29, 1.82) is 0 Å². The summed E-state index contributed by atoms with van der Waals surface area (Å²) in [6.45, 7) is 0.533. The zero-order chi connectivity index (χ0) is 15.1. The minimum Gasteiger partial charge on any atom is -0.366 e. The van der Waals surface area contributed by atoms with E-state index in [2.05, 4.69) is 10.6 Å². The van der Waals surface area contributed by atoms with Crippen LogP contribution in [0.25, 0.3) is 0 Å². The molecule has 0 spiro atoms. The molecule has 0 heterocycles. The van der Waals surface area contributed by atoms with Crippen LogP contribution in [-0.4, -0.2) is 18.5 Å². The van der Waals surface area contributed by atoms with Gasteiger partial charge in [-0.25, -0.2) is 4.79 Å². The van der Waals surface area contributed by atoms with E-state index in [0.29, 0.717) is 17.8 Å². The van der Waals surface area contributed by atoms with Gasteiger partial charge in [0.2, 0.25) is 5.91 Å². The van der Waals surface area contributed by atoms with Gasteiger partial charge in [-0.15, -0.1) is 0 Å². The number of carbonyl (C=O) groups excluding carboxylic acids is 2. The maximum Gasteiger partial charge on any atom is 0.319 e. The first kappa shape index (κ1) is 14.6. The van der Waals surface area contributed by atoms with Gasteiger partial charge in [-0.2, -0.15) is 0 Å². The number of urea groups is 1. The van der Waals surface area contributed by atoms with Crippen molar-refractivity contribution in [2.75, 3.05) is 11.9 Å². The van der Waals surface area contributed by atoms with Crippen molar-refractivity contribution in [3.05, 3.63) is 65.7 Å². The summed E-state index contributed by atoms with van der Waals surface area (Å²) in [7, 11) is 0. The number of nitrogens with one attached hydrogen (secondary N) is 2. The topological polar surface area (TPSA) is 84.2 Å². The zero-order valence-corrected chi connectivity index (χ0v) is 11.5. The smallest absolute Gasteiger partial charge is 0.319 e. The van der Waals surface area contributed by atoms with Crippen LogP contribution in [-0.2, 0) is 6.42 Å². The Morgan fingerprint density at radius 3 is 2.48 bits per heavy atom. The fourth-order valence-corrected chi connectivity index (χ4v) is 1.89. The fourth-order valence-electron chi connectivity index (χ4n) is 1.89. The molecule has 0 radical (unpaired) electrons. The van der Waals surface area contributed by atoms with Crippen LogP contribution in [0, 0.1) is 0 Å². The SMILES string of the molecule is NC(=O)c1cccc(NC(=O)NCCc2ccccc2)c1. The monoisotopic (exact) mass is 283 g/mol. The first-order valence-corrected chi connectivity index (χ1v) is 6.64. The van der Waals surface area contributed by atoms with Gasteiger partial charge < -0.3 is 16.4 Å². The van der Waals surface area contributed by atoms with Gasteiger partial charge in [0.25, 0.3) is 0 Å². The molecule has 21 heavy (non-hydrogen) atoms. The van der Waals surface area contributed by atoms with E-state index < -0.39 is 5.91 Å². The summed E-state index contributed by atoms with van der Waals surface area (Å²) in [4.78, 5) is 22.8. The first-order chi connectivity index (χ1) is 10.1. The van der Waals surface area contributed by atoms with Crippen LogP contribution in [0.5, 0.6) is 0 Å². The molecule has 0 aliphatic rings. The third-order valence-electron chi connectivity index (χ3n) is 2.95. The molecule has 2 rings (SSSR count). The molecule has 0 saturated carbocycles. The predicted octanol–water partition coefficient (Wildman–Crippen LogP) is 2.15. The number of anilines is 1. The van der Waals surface area contributed by atoms with Crippen LogP contribution in [0.15, 0.2) is 54.6 Å². The van der Waals surface area contributed by atoms with Gasteiger partial charge >= 0.3 is 6.03 Å². The molecular weight excluding hydrogens is 266 g/mol. The number of amides is 3. The Kier molecular flexibility index (Phi) is 4.93. The van der Waals surface area contributed by atoms with Crippen molar-refractivity contribution >= 4 is 17.6 Å². The molecule has 0 aliphatic carbocycles. The third-order valence-corrected chi connectivity index (χ3v) is 2.95. The number of benzene rings is 2. The van der Waals surface area contributed by atoms with E-state index in [4.69, 9.17) is 5.73 Å². The Hall–Kier alpha value is -2.82. The maximum absolute atomic E-state index is 11.7. The standard InChI is InChI=1S/C16H17N3O2/c17-15(20)13-7-4-8-14(11-13)19-16(21)18-10-9-12-5-2-1-3-6-12/h1-8,11H,9-10H2,(H2,17,20)(H2,18,19,21). The number of hydrogen-bond acceptors (Lipinski definition) is 2. The minimum absolute atomic E-state index is 0.312. The lowest BCUT2D eigenvalue weighted by atomic mass is 10.1. The Bertz CT molecular complexity index is 626. The fraction of sp³-hybridized carbons (Fsp3) is 0.125. The average Bonchev–Trinajstić information content (AvgIpc) is 2.48. The predicted molar refractivity (Wildman–Crippen MR) is 82.1 cm³/mol. The molecule has 0 aliphatic heterocycles. The van der Waals surface area contributed by atoms with Gasteiger partial charge in [-0.3, -0.25) is 4.79 Å². The number of carbonyl (C=O) groups is 2. The summed E-state index contributed by atoms with van der Waals surface area (Å²) in [5, 5.41) is 5.43. The highest BCUT2D eigenvalue weighted by Gasteiger charge is 2.04. The first-order valence-electron chi connectivity index (χ1n) is 6.64. The second kappa shape index (κ2) is 7.09. The molecular formula is C16H17N3O2. The summed E-state index contributed by atoms with van der Waals surface area (Å²) in [5.41, 5.74) is 7.24. The van der Waals surface area contributed by atoms with Crippen LogP contribution in [0.2, 0.25) is 0 Å². The number of nitrogens with two attached hydrogens (primary N) is 1. The van der Waals surface area contributed by atoms with Gasteiger partial charge in [-0.1, -0.05) is 36.4 Å². The van der Waals surface area contributed by atoms with Crippen molar-refractivity contribution in [2.45, 2.75) is 6.42 Å². The molecule has 0 aromatic heterocycles. The lowest BCUT2D eigenvalue weighted by Gasteiger charge is -2.08. The summed E-state index contributed by atoms with van der Waals surface area (Å²) in [6.07, 6.45) is 0.760. The molecule has 3 amide bonds. The average molecular weight is 283 g/mol. The van der Waals surface area contributed by atoms with Crippen molar-refractivity contribution in [3.8, 4) is 0 Å². The molecule has 0 atom stereocenters. The molecule has 0 unspecified atom stereocenters. The maximum atomic E-state index is 11.7. The van der Waals surface area contributed by atoms with Crippen LogP contribution in [0.3, 0.4) is 0 Å². The zero-order valence-electron chi connectivity index (χ0n) is 11.5. The summed E-state index contributed by atoms with van der Waals surface area (Å²) in [6, 6.07) is 16.1. The van der Waals surface area contributed by atoms with Gasteiger partial charge in [-0.05, 0) is 30.2 Å². The summed E-state index contributed by atoms with van der Waals surface area (Å²) < 4.78 is 0. The van der Waals surface area contributed by atoms with Crippen molar-refractivity contribution < 1.29 is 9.59 Å². The minimum atomic E-state index is -0.525. The molecule has 0 saturated heterocycles. The highest BCUT2D eigenvalue weighted by atomic mass is 16.2. The van der Waals surface area contributed by atoms with Gasteiger partial charge in [0.15, 0.2) is 0 Å². The lowest BCUT2D eigenvalue weighted by Crippen LogP contribution is -2.30.